The van der Waals surface area contributed by atoms with Crippen LogP contribution in [0.25, 0.3) is 0 Å². The number of alkyl halides is 2. The van der Waals surface area contributed by atoms with Crippen molar-refractivity contribution in [1.29, 1.82) is 0 Å². The van der Waals surface area contributed by atoms with Gasteiger partial charge in [0.15, 0.2) is 44.5 Å². The number of rotatable bonds is 5. The molecule has 4 amide bonds. The van der Waals surface area contributed by atoms with Gasteiger partial charge in [-0.25, -0.2) is 26.9 Å². The van der Waals surface area contributed by atoms with E-state index in [-0.39, 0.29) is 44.1 Å². The van der Waals surface area contributed by atoms with Gasteiger partial charge in [0.25, 0.3) is 11.8 Å². The van der Waals surface area contributed by atoms with Crippen LogP contribution in [0.5, 0.6) is 11.5 Å². The molecule has 6 atom stereocenters. The molecule has 5 aliphatic rings. The Morgan fingerprint density at radius 2 is 1.44 bits per heavy atom. The molecular weight excluding hydrogens is 844 g/mol. The number of allylic oxidation sites excluding steroid dienone is 2. The van der Waals surface area contributed by atoms with Crippen LogP contribution in [0, 0.1) is 46.8 Å². The lowest BCUT2D eigenvalue weighted by molar-refractivity contribution is -0.125. The van der Waals surface area contributed by atoms with E-state index in [9.17, 15) is 37.5 Å². The average molecular weight is 871 g/mol. The SMILES string of the molecule is COc1cc([C@H]2C3=CC[C@@H]4C(=O)N(c5ccc(N6CCOCC6)cc5)C(=O)[C@@H]4[C@@H]3C[C@@]3(Cl)C(=O)N(c4c(F)c(F)c(F)c(F)c4F)C(=O)[C@@]23Cl)cc(Br)c1O. The molecule has 0 unspecified atom stereocenters. The topological polar surface area (TPSA) is 117 Å². The molecule has 55 heavy (non-hydrogen) atoms. The quantitative estimate of drug-likeness (QED) is 0.0776. The molecule has 18 heteroatoms. The summed E-state index contributed by atoms with van der Waals surface area (Å²) in [5.41, 5.74) is -0.442. The molecule has 8 rings (SSSR count). The molecule has 3 aromatic carbocycles. The van der Waals surface area contributed by atoms with E-state index >= 15 is 8.78 Å². The van der Waals surface area contributed by atoms with Crippen LogP contribution in [0.4, 0.5) is 39.0 Å². The average Bonchev–Trinajstić information content (AvgIpc) is 3.52. The predicted molar refractivity (Wildman–Crippen MR) is 191 cm³/mol. The molecule has 4 fully saturated rings. The van der Waals surface area contributed by atoms with Crippen LogP contribution < -0.4 is 19.4 Å². The standard InChI is InChI=1S/C37H27BrCl2F5N3O7/c1-54-22-13-15(12-21(38)31(22)49)24-18-6-7-19-23(33(51)47(32(19)50)17-4-2-16(3-5-17)46-8-10-55-11-9-46)20(18)14-36(39)34(52)48(35(53)37(24,36)40)30-28(44)26(42)25(41)27(43)29(30)45/h2-6,12-13,19-20,23-24,49H,7-11,14H2,1H3/t19-,20+,23-,24-,36+,37-/m0/s1. The van der Waals surface area contributed by atoms with E-state index in [0.29, 0.717) is 26.3 Å². The normalized spacial score (nSPS) is 29.0. The first-order valence-electron chi connectivity index (χ1n) is 16.9. The van der Waals surface area contributed by atoms with E-state index in [1.54, 1.807) is 30.3 Å². The molecule has 10 nitrogen and oxygen atoms in total. The van der Waals surface area contributed by atoms with E-state index in [4.69, 9.17) is 32.7 Å². The lowest BCUT2D eigenvalue weighted by atomic mass is 9.56. The summed E-state index contributed by atoms with van der Waals surface area (Å²) in [6, 6.07) is 9.39. The van der Waals surface area contributed by atoms with Crippen molar-refractivity contribution in [3.05, 3.63) is 87.2 Å². The highest BCUT2D eigenvalue weighted by atomic mass is 79.9. The van der Waals surface area contributed by atoms with E-state index in [2.05, 4.69) is 20.8 Å². The molecule has 3 saturated heterocycles. The number of phenols is 1. The smallest absolute Gasteiger partial charge is 0.258 e. The zero-order valence-electron chi connectivity index (χ0n) is 28.4. The molecule has 0 spiro atoms. The number of amides is 4. The first-order valence-corrected chi connectivity index (χ1v) is 18.5. The third kappa shape index (κ3) is 5.13. The maximum absolute atomic E-state index is 15.3. The van der Waals surface area contributed by atoms with Gasteiger partial charge in [-0.3, -0.25) is 24.1 Å². The van der Waals surface area contributed by atoms with Crippen LogP contribution in [0.1, 0.15) is 24.3 Å². The van der Waals surface area contributed by atoms with Crippen molar-refractivity contribution in [3.63, 3.8) is 0 Å². The summed E-state index contributed by atoms with van der Waals surface area (Å²) >= 11 is 17.6. The molecule has 1 N–H and O–H groups in total. The van der Waals surface area contributed by atoms with Gasteiger partial charge in [-0.15, -0.1) is 23.2 Å². The molecule has 0 aromatic heterocycles. The molecule has 3 aromatic rings. The number of anilines is 3. The van der Waals surface area contributed by atoms with Crippen molar-refractivity contribution >= 4 is 79.8 Å². The largest absolute Gasteiger partial charge is 0.503 e. The fourth-order valence-corrected chi connectivity index (χ4v) is 10.1. The summed E-state index contributed by atoms with van der Waals surface area (Å²) in [6.45, 7) is 2.38. The van der Waals surface area contributed by atoms with Gasteiger partial charge in [-0.1, -0.05) is 11.6 Å². The van der Waals surface area contributed by atoms with Crippen molar-refractivity contribution in [3.8, 4) is 11.5 Å². The highest BCUT2D eigenvalue weighted by Gasteiger charge is 2.77. The number of aromatic hydroxyl groups is 1. The van der Waals surface area contributed by atoms with Crippen LogP contribution in [-0.2, 0) is 23.9 Å². The number of benzene rings is 3. The Kier molecular flexibility index (Phi) is 9.02. The Morgan fingerprint density at radius 1 is 0.836 bits per heavy atom. The number of methoxy groups -OCH3 is 1. The number of ether oxygens (including phenoxy) is 2. The van der Waals surface area contributed by atoms with E-state index < -0.39 is 98.2 Å². The van der Waals surface area contributed by atoms with Crippen LogP contribution in [-0.4, -0.2) is 71.9 Å². The number of phenolic OH excluding ortho intramolecular Hbond substituents is 1. The maximum Gasteiger partial charge on any atom is 0.258 e. The molecular formula is C37H27BrCl2F5N3O7. The van der Waals surface area contributed by atoms with Gasteiger partial charge in [0.1, 0.15) is 5.69 Å². The highest BCUT2D eigenvalue weighted by molar-refractivity contribution is 9.10. The fraction of sp³-hybridized carbons (Fsp3) is 0.351. The maximum atomic E-state index is 15.3. The van der Waals surface area contributed by atoms with Crippen LogP contribution >= 0.6 is 39.1 Å². The zero-order valence-corrected chi connectivity index (χ0v) is 31.5. The van der Waals surface area contributed by atoms with Gasteiger partial charge in [-0.05, 0) is 76.7 Å². The molecule has 3 aliphatic heterocycles. The summed E-state index contributed by atoms with van der Waals surface area (Å²) in [5.74, 6) is -22.1. The summed E-state index contributed by atoms with van der Waals surface area (Å²) in [6.07, 6.45) is 0.888. The summed E-state index contributed by atoms with van der Waals surface area (Å²) in [7, 11) is 1.22. The Balaban J connectivity index is 1.27. The molecule has 3 heterocycles. The van der Waals surface area contributed by atoms with Crippen LogP contribution in [0.15, 0.2) is 52.5 Å². The molecule has 0 bridgehead atoms. The van der Waals surface area contributed by atoms with Gasteiger partial charge in [0, 0.05) is 24.7 Å². The van der Waals surface area contributed by atoms with E-state index in [0.717, 1.165) is 10.6 Å². The van der Waals surface area contributed by atoms with Gasteiger partial charge >= 0.3 is 0 Å². The third-order valence-corrected chi connectivity index (χ3v) is 13.3. The number of fused-ring (bicyclic) bond motifs is 4. The number of nitrogens with zero attached hydrogens (tertiary/aromatic N) is 3. The molecule has 288 valence electrons. The first kappa shape index (κ1) is 37.7. The van der Waals surface area contributed by atoms with Gasteiger partial charge in [0.2, 0.25) is 17.6 Å². The number of morpholine rings is 1. The van der Waals surface area contributed by atoms with Gasteiger partial charge < -0.3 is 19.5 Å². The monoisotopic (exact) mass is 869 g/mol. The minimum absolute atomic E-state index is 0.0194. The summed E-state index contributed by atoms with van der Waals surface area (Å²) in [4.78, 5) is 54.9. The Labute approximate surface area is 327 Å². The highest BCUT2D eigenvalue weighted by Crippen LogP contribution is 2.66. The second-order valence-corrected chi connectivity index (χ2v) is 16.0. The van der Waals surface area contributed by atoms with Gasteiger partial charge in [0.05, 0.1) is 42.3 Å². The van der Waals surface area contributed by atoms with Gasteiger partial charge in [-0.2, -0.15) is 0 Å². The number of carbonyl (C=O) groups is 4. The van der Waals surface area contributed by atoms with Crippen molar-refractivity contribution in [2.75, 3.05) is 48.1 Å². The van der Waals surface area contributed by atoms with Crippen molar-refractivity contribution in [2.24, 2.45) is 17.8 Å². The van der Waals surface area contributed by atoms with Crippen LogP contribution in [0.2, 0.25) is 0 Å². The lowest BCUT2D eigenvalue weighted by Crippen LogP contribution is -2.60. The second-order valence-electron chi connectivity index (χ2n) is 13.9. The van der Waals surface area contributed by atoms with Crippen LogP contribution in [0.3, 0.4) is 0 Å². The molecule has 0 radical (unpaired) electrons. The number of carbonyl (C=O) groups excluding carboxylic acids is 4. The van der Waals surface area contributed by atoms with E-state index in [1.807, 2.05) is 0 Å². The number of halogens is 8. The first-order chi connectivity index (χ1) is 26.1. The Hall–Kier alpha value is -4.25. The second kappa shape index (κ2) is 13.2. The Morgan fingerprint density at radius 3 is 2.05 bits per heavy atom. The molecule has 2 aliphatic carbocycles. The number of hydrogen-bond acceptors (Lipinski definition) is 8. The summed E-state index contributed by atoms with van der Waals surface area (Å²) in [5, 5.41) is 10.6. The van der Waals surface area contributed by atoms with Crippen molar-refractivity contribution < 1.29 is 55.7 Å². The summed E-state index contributed by atoms with van der Waals surface area (Å²) < 4.78 is 84.6. The minimum atomic E-state index is -2.73. The minimum Gasteiger partial charge on any atom is -0.503 e. The Bertz CT molecular complexity index is 2230. The van der Waals surface area contributed by atoms with E-state index in [1.165, 1.54) is 19.2 Å². The number of imide groups is 2. The van der Waals surface area contributed by atoms with Crippen molar-refractivity contribution in [2.45, 2.75) is 28.5 Å². The predicted octanol–water partition coefficient (Wildman–Crippen LogP) is 6.46. The zero-order chi connectivity index (χ0) is 39.5. The molecule has 1 saturated carbocycles. The lowest BCUT2D eigenvalue weighted by Gasteiger charge is -2.50. The number of hydrogen-bond donors (Lipinski definition) is 1. The third-order valence-electron chi connectivity index (χ3n) is 11.3. The van der Waals surface area contributed by atoms with Crippen molar-refractivity contribution in [1.82, 2.24) is 0 Å². The fourth-order valence-electron chi connectivity index (χ4n) is 8.75.